The van der Waals surface area contributed by atoms with Gasteiger partial charge in [-0.05, 0) is 55.6 Å². The van der Waals surface area contributed by atoms with Gasteiger partial charge < -0.3 is 0 Å². The summed E-state index contributed by atoms with van der Waals surface area (Å²) in [7, 11) is -4.04. The molecule has 0 aliphatic carbocycles. The predicted molar refractivity (Wildman–Crippen MR) is 145 cm³/mol. The number of hydroxylamine groups is 2. The first kappa shape index (κ1) is 23.8. The summed E-state index contributed by atoms with van der Waals surface area (Å²) in [6, 6.07) is 28.7. The lowest BCUT2D eigenvalue weighted by atomic mass is 10.1. The molecule has 35 heavy (non-hydrogen) atoms. The van der Waals surface area contributed by atoms with Crippen molar-refractivity contribution in [3.8, 4) is 0 Å². The molecular formula is C28H27N2O3S2+. The van der Waals surface area contributed by atoms with E-state index in [1.54, 1.807) is 36.0 Å². The van der Waals surface area contributed by atoms with Gasteiger partial charge in [0.1, 0.15) is 6.54 Å². The van der Waals surface area contributed by atoms with E-state index in [1.165, 1.54) is 0 Å². The second kappa shape index (κ2) is 9.59. The molecule has 2 unspecified atom stereocenters. The van der Waals surface area contributed by atoms with Gasteiger partial charge in [-0.2, -0.15) is 8.42 Å². The van der Waals surface area contributed by atoms with Gasteiger partial charge in [-0.3, -0.25) is 4.99 Å². The summed E-state index contributed by atoms with van der Waals surface area (Å²) in [5, 5.41) is 1.84. The first-order valence-electron chi connectivity index (χ1n) is 11.6. The monoisotopic (exact) mass is 503 g/mol. The molecule has 0 saturated heterocycles. The Hall–Kier alpha value is -2.97. The van der Waals surface area contributed by atoms with Gasteiger partial charge in [0, 0.05) is 18.0 Å². The van der Waals surface area contributed by atoms with Crippen LogP contribution in [0.25, 0.3) is 10.8 Å². The predicted octanol–water partition coefficient (Wildman–Crippen LogP) is 7.02. The van der Waals surface area contributed by atoms with Crippen LogP contribution in [-0.2, 0) is 14.4 Å². The number of aryl methyl sites for hydroxylation is 1. The Labute approximate surface area is 210 Å². The Morgan fingerprint density at radius 2 is 1.66 bits per heavy atom. The van der Waals surface area contributed by atoms with Gasteiger partial charge in [0.05, 0.1) is 15.5 Å². The Balaban J connectivity index is 1.60. The third kappa shape index (κ3) is 4.52. The largest absolute Gasteiger partial charge is 0.343 e. The average molecular weight is 504 g/mol. The highest BCUT2D eigenvalue weighted by Gasteiger charge is 2.53. The molecule has 4 aromatic carbocycles. The van der Waals surface area contributed by atoms with Crippen molar-refractivity contribution < 1.29 is 12.7 Å². The lowest BCUT2D eigenvalue weighted by Crippen LogP contribution is -2.54. The summed E-state index contributed by atoms with van der Waals surface area (Å²) in [4.78, 5) is 5.79. The Bertz CT molecular complexity index is 1490. The molecule has 0 saturated carbocycles. The lowest BCUT2D eigenvalue weighted by molar-refractivity contribution is -0.0425. The van der Waals surface area contributed by atoms with Crippen LogP contribution in [-0.4, -0.2) is 26.6 Å². The summed E-state index contributed by atoms with van der Waals surface area (Å²) in [6.45, 7) is 4.35. The third-order valence-corrected chi connectivity index (χ3v) is 8.98. The Morgan fingerprint density at radius 3 is 2.40 bits per heavy atom. The standard InChI is InChI=1S/C28H27N2O3S2/c1-3-30(33-35(31,32)24-16-13-21(2)14-17-24)27(19-20-29-23-10-5-4-6-11-23)34-26-18-15-22-9-7-8-12-25(22)28(26)30/h4-18,20,27H,3,19H2,1-2H3/q+1. The third-order valence-electron chi connectivity index (χ3n) is 6.28. The molecule has 1 heterocycles. The number of aliphatic imine (C=N–C) groups is 1. The highest BCUT2D eigenvalue weighted by molar-refractivity contribution is 8.00. The zero-order chi connectivity index (χ0) is 24.5. The number of thioether (sulfide) groups is 1. The number of nitrogens with zero attached hydrogens (tertiary/aromatic N) is 2. The van der Waals surface area contributed by atoms with Crippen molar-refractivity contribution in [3.05, 3.63) is 96.6 Å². The minimum Gasteiger partial charge on any atom is -0.261 e. The maximum absolute atomic E-state index is 13.6. The van der Waals surface area contributed by atoms with Gasteiger partial charge >= 0.3 is 10.1 Å². The van der Waals surface area contributed by atoms with E-state index in [4.69, 9.17) is 4.28 Å². The van der Waals surface area contributed by atoms with Crippen LogP contribution in [0, 0.1) is 6.92 Å². The zero-order valence-electron chi connectivity index (χ0n) is 19.7. The molecular weight excluding hydrogens is 476 g/mol. The van der Waals surface area contributed by atoms with E-state index in [-0.39, 0.29) is 14.9 Å². The summed E-state index contributed by atoms with van der Waals surface area (Å²) in [5.74, 6) is 0. The second-order valence-electron chi connectivity index (χ2n) is 8.54. The molecule has 1 aliphatic rings. The maximum atomic E-state index is 13.6. The van der Waals surface area contributed by atoms with E-state index in [9.17, 15) is 8.42 Å². The van der Waals surface area contributed by atoms with E-state index in [2.05, 4.69) is 17.1 Å². The van der Waals surface area contributed by atoms with E-state index in [0.717, 1.165) is 32.6 Å². The molecule has 0 N–H and O–H groups in total. The quantitative estimate of drug-likeness (QED) is 0.201. The van der Waals surface area contributed by atoms with Crippen LogP contribution in [0.4, 0.5) is 11.4 Å². The number of rotatable bonds is 7. The van der Waals surface area contributed by atoms with Crippen LogP contribution in [0.5, 0.6) is 0 Å². The minimum atomic E-state index is -4.04. The van der Waals surface area contributed by atoms with E-state index < -0.39 is 10.1 Å². The van der Waals surface area contributed by atoms with E-state index in [1.807, 2.05) is 74.7 Å². The highest BCUT2D eigenvalue weighted by Crippen LogP contribution is 2.53. The highest BCUT2D eigenvalue weighted by atomic mass is 32.2. The molecule has 7 heteroatoms. The molecule has 0 amide bonds. The Kier molecular flexibility index (Phi) is 6.51. The summed E-state index contributed by atoms with van der Waals surface area (Å²) >= 11 is 1.65. The molecule has 0 fully saturated rings. The fraction of sp³-hybridized carbons (Fsp3) is 0.179. The number of hydrogen-bond donors (Lipinski definition) is 0. The van der Waals surface area contributed by atoms with Crippen LogP contribution < -0.4 is 4.65 Å². The van der Waals surface area contributed by atoms with Crippen molar-refractivity contribution in [2.45, 2.75) is 35.4 Å². The first-order valence-corrected chi connectivity index (χ1v) is 13.9. The van der Waals surface area contributed by atoms with E-state index in [0.29, 0.717) is 13.0 Å². The van der Waals surface area contributed by atoms with Crippen LogP contribution in [0.15, 0.2) is 106 Å². The van der Waals surface area contributed by atoms with E-state index >= 15 is 0 Å². The fourth-order valence-electron chi connectivity index (χ4n) is 4.50. The topological polar surface area (TPSA) is 55.7 Å². The maximum Gasteiger partial charge on any atom is 0.343 e. The summed E-state index contributed by atoms with van der Waals surface area (Å²) in [6.07, 6.45) is 2.41. The van der Waals surface area contributed by atoms with Gasteiger partial charge in [0.15, 0.2) is 11.1 Å². The fourth-order valence-corrected chi connectivity index (χ4v) is 7.21. The van der Waals surface area contributed by atoms with Crippen LogP contribution >= 0.6 is 11.8 Å². The number of para-hydroxylation sites is 1. The first-order chi connectivity index (χ1) is 16.9. The number of quaternary nitrogens is 1. The van der Waals surface area contributed by atoms with Gasteiger partial charge in [0.2, 0.25) is 0 Å². The second-order valence-corrected chi connectivity index (χ2v) is 11.3. The van der Waals surface area contributed by atoms with Crippen molar-refractivity contribution in [3.63, 3.8) is 0 Å². The molecule has 4 aromatic rings. The van der Waals surface area contributed by atoms with Crippen molar-refractivity contribution >= 4 is 50.2 Å². The van der Waals surface area contributed by atoms with Gasteiger partial charge in [0.25, 0.3) is 0 Å². The Morgan fingerprint density at radius 1 is 0.943 bits per heavy atom. The molecule has 0 spiro atoms. The van der Waals surface area contributed by atoms with Crippen molar-refractivity contribution in [1.82, 2.24) is 4.65 Å². The van der Waals surface area contributed by atoms with Crippen LogP contribution in [0.2, 0.25) is 0 Å². The van der Waals surface area contributed by atoms with Crippen LogP contribution in [0.1, 0.15) is 18.9 Å². The molecule has 0 radical (unpaired) electrons. The molecule has 0 bridgehead atoms. The molecule has 0 aromatic heterocycles. The average Bonchev–Trinajstić information content (AvgIpc) is 3.18. The molecule has 2 atom stereocenters. The van der Waals surface area contributed by atoms with Gasteiger partial charge in [-0.15, -0.1) is 4.65 Å². The minimum absolute atomic E-state index is 0.127. The van der Waals surface area contributed by atoms with Crippen molar-refractivity contribution in [2.24, 2.45) is 4.99 Å². The normalized spacial score (nSPS) is 19.9. The molecule has 5 nitrogen and oxygen atoms in total. The molecule has 5 rings (SSSR count). The smallest absolute Gasteiger partial charge is 0.261 e. The van der Waals surface area contributed by atoms with Crippen molar-refractivity contribution in [1.29, 1.82) is 0 Å². The SMILES string of the molecule is CC[N+]1(OS(=O)(=O)c2ccc(C)cc2)c2c(ccc3ccccc23)SC1CC=Nc1ccccc1. The molecule has 178 valence electrons. The van der Waals surface area contributed by atoms with Gasteiger partial charge in [-0.25, -0.2) is 0 Å². The molecule has 1 aliphatic heterocycles. The summed E-state index contributed by atoms with van der Waals surface area (Å²) in [5.41, 5.74) is 2.75. The summed E-state index contributed by atoms with van der Waals surface area (Å²) < 4.78 is 33.3. The number of fused-ring (bicyclic) bond motifs is 3. The van der Waals surface area contributed by atoms with Crippen molar-refractivity contribution in [2.75, 3.05) is 6.54 Å². The lowest BCUT2D eigenvalue weighted by Gasteiger charge is -2.34. The van der Waals surface area contributed by atoms with Gasteiger partial charge in [-0.1, -0.05) is 76.2 Å². The number of benzene rings is 4. The number of hydrogen-bond acceptors (Lipinski definition) is 5. The zero-order valence-corrected chi connectivity index (χ0v) is 21.3. The van der Waals surface area contributed by atoms with Crippen LogP contribution in [0.3, 0.4) is 0 Å².